The summed E-state index contributed by atoms with van der Waals surface area (Å²) >= 11 is 0. The van der Waals surface area contributed by atoms with Gasteiger partial charge in [-0.25, -0.2) is 9.97 Å². The maximum absolute atomic E-state index is 10.6. The summed E-state index contributed by atoms with van der Waals surface area (Å²) in [5.74, 6) is 0. The van der Waals surface area contributed by atoms with Crippen molar-refractivity contribution >= 4 is 17.8 Å². The van der Waals surface area contributed by atoms with Gasteiger partial charge in [0, 0.05) is 30.1 Å². The van der Waals surface area contributed by atoms with Gasteiger partial charge in [0.1, 0.15) is 6.33 Å². The molecule has 0 atom stereocenters. The van der Waals surface area contributed by atoms with Crippen molar-refractivity contribution in [2.45, 2.75) is 0 Å². The fourth-order valence-electron chi connectivity index (χ4n) is 1.33. The molecule has 1 aromatic heterocycles. The molecule has 0 saturated heterocycles. The van der Waals surface area contributed by atoms with Gasteiger partial charge in [-0.15, -0.1) is 0 Å². The van der Waals surface area contributed by atoms with E-state index in [1.165, 1.54) is 18.5 Å². The number of hydrogen-bond donors (Lipinski definition) is 0. The lowest BCUT2D eigenvalue weighted by Crippen LogP contribution is -1.87. The van der Waals surface area contributed by atoms with Crippen molar-refractivity contribution < 1.29 is 4.92 Å². The van der Waals surface area contributed by atoms with Crippen molar-refractivity contribution in [3.05, 3.63) is 64.2 Å². The Morgan fingerprint density at radius 3 is 2.53 bits per heavy atom. The molecule has 2 rings (SSSR count). The van der Waals surface area contributed by atoms with Crippen LogP contribution in [0, 0.1) is 10.1 Å². The van der Waals surface area contributed by atoms with E-state index >= 15 is 0 Å². The molecular formula is C12H9N3O2. The molecule has 0 aliphatic carbocycles. The van der Waals surface area contributed by atoms with E-state index in [0.29, 0.717) is 0 Å². The van der Waals surface area contributed by atoms with E-state index in [-0.39, 0.29) is 5.69 Å². The second-order valence-corrected chi connectivity index (χ2v) is 3.36. The molecule has 0 bridgehead atoms. The molecule has 1 heterocycles. The van der Waals surface area contributed by atoms with Crippen molar-refractivity contribution in [3.8, 4) is 0 Å². The van der Waals surface area contributed by atoms with E-state index in [1.807, 2.05) is 0 Å². The third-order valence-electron chi connectivity index (χ3n) is 2.13. The van der Waals surface area contributed by atoms with E-state index in [4.69, 9.17) is 0 Å². The third-order valence-corrected chi connectivity index (χ3v) is 2.13. The Hall–Kier alpha value is -2.56. The summed E-state index contributed by atoms with van der Waals surface area (Å²) in [6.07, 6.45) is 8.37. The number of aromatic nitrogens is 2. The van der Waals surface area contributed by atoms with Gasteiger partial charge in [0.2, 0.25) is 0 Å². The molecule has 2 aromatic rings. The molecule has 84 valence electrons. The average Bonchev–Trinajstić information content (AvgIpc) is 2.38. The van der Waals surface area contributed by atoms with Crippen molar-refractivity contribution in [1.29, 1.82) is 0 Å². The molecule has 0 unspecified atom stereocenters. The summed E-state index contributed by atoms with van der Waals surface area (Å²) < 4.78 is 0. The Balaban J connectivity index is 2.22. The summed E-state index contributed by atoms with van der Waals surface area (Å²) in [5, 5.41) is 10.6. The zero-order chi connectivity index (χ0) is 12.1. The summed E-state index contributed by atoms with van der Waals surface area (Å²) in [4.78, 5) is 17.9. The lowest BCUT2D eigenvalue weighted by Gasteiger charge is -1.94. The number of hydrogen-bond acceptors (Lipinski definition) is 4. The van der Waals surface area contributed by atoms with Gasteiger partial charge in [-0.3, -0.25) is 10.1 Å². The highest BCUT2D eigenvalue weighted by molar-refractivity contribution is 5.69. The number of nitro benzene ring substituents is 1. The normalized spacial score (nSPS) is 10.6. The van der Waals surface area contributed by atoms with Gasteiger partial charge >= 0.3 is 0 Å². The molecule has 0 aliphatic heterocycles. The largest absolute Gasteiger partial charge is 0.270 e. The SMILES string of the molecule is O=[N+]([O-])c1cccc(/C=C/c2cncnc2)c1. The molecule has 1 aromatic carbocycles. The third kappa shape index (κ3) is 2.94. The van der Waals surface area contributed by atoms with Crippen LogP contribution in [0.5, 0.6) is 0 Å². The molecule has 0 N–H and O–H groups in total. The highest BCUT2D eigenvalue weighted by Gasteiger charge is 2.03. The van der Waals surface area contributed by atoms with E-state index in [1.54, 1.807) is 36.7 Å². The van der Waals surface area contributed by atoms with Crippen LogP contribution in [0.15, 0.2) is 43.0 Å². The van der Waals surface area contributed by atoms with Gasteiger partial charge in [0.05, 0.1) is 4.92 Å². The Morgan fingerprint density at radius 2 is 1.82 bits per heavy atom. The average molecular weight is 227 g/mol. The minimum Gasteiger partial charge on any atom is -0.258 e. The summed E-state index contributed by atoms with van der Waals surface area (Å²) in [6, 6.07) is 6.43. The zero-order valence-electron chi connectivity index (χ0n) is 8.85. The maximum atomic E-state index is 10.6. The van der Waals surface area contributed by atoms with Gasteiger partial charge in [0.25, 0.3) is 5.69 Å². The molecule has 0 fully saturated rings. The van der Waals surface area contributed by atoms with Crippen LogP contribution < -0.4 is 0 Å². The van der Waals surface area contributed by atoms with E-state index < -0.39 is 4.92 Å². The number of nitrogens with zero attached hydrogens (tertiary/aromatic N) is 3. The molecule has 17 heavy (non-hydrogen) atoms. The lowest BCUT2D eigenvalue weighted by molar-refractivity contribution is -0.384. The standard InChI is InChI=1S/C12H9N3O2/c16-15(17)12-3-1-2-10(6-12)4-5-11-7-13-9-14-8-11/h1-9H/b5-4+. The second kappa shape index (κ2) is 4.98. The molecule has 0 amide bonds. The van der Waals surface area contributed by atoms with Crippen LogP contribution in [0.2, 0.25) is 0 Å². The van der Waals surface area contributed by atoms with Crippen molar-refractivity contribution in [2.24, 2.45) is 0 Å². The lowest BCUT2D eigenvalue weighted by atomic mass is 10.1. The number of non-ortho nitro benzene ring substituents is 1. The van der Waals surface area contributed by atoms with Crippen LogP contribution >= 0.6 is 0 Å². The first-order valence-electron chi connectivity index (χ1n) is 4.93. The minimum atomic E-state index is -0.414. The fraction of sp³-hybridized carbons (Fsp3) is 0. The van der Waals surface area contributed by atoms with Gasteiger partial charge in [-0.2, -0.15) is 0 Å². The van der Waals surface area contributed by atoms with E-state index in [2.05, 4.69) is 9.97 Å². The zero-order valence-corrected chi connectivity index (χ0v) is 8.85. The van der Waals surface area contributed by atoms with Gasteiger partial charge in [-0.1, -0.05) is 24.3 Å². The number of benzene rings is 1. The molecule has 5 nitrogen and oxygen atoms in total. The Kier molecular flexibility index (Phi) is 3.20. The second-order valence-electron chi connectivity index (χ2n) is 3.36. The van der Waals surface area contributed by atoms with E-state index in [9.17, 15) is 10.1 Å². The molecule has 5 heteroatoms. The first kappa shape index (κ1) is 10.9. The molecule has 0 aliphatic rings. The summed E-state index contributed by atoms with van der Waals surface area (Å²) in [7, 11) is 0. The molecule has 0 spiro atoms. The maximum Gasteiger partial charge on any atom is 0.270 e. The minimum absolute atomic E-state index is 0.0801. The quantitative estimate of drug-likeness (QED) is 0.596. The monoisotopic (exact) mass is 227 g/mol. The first-order valence-corrected chi connectivity index (χ1v) is 4.93. The Labute approximate surface area is 97.6 Å². The van der Waals surface area contributed by atoms with Gasteiger partial charge in [0.15, 0.2) is 0 Å². The number of rotatable bonds is 3. The topological polar surface area (TPSA) is 68.9 Å². The van der Waals surface area contributed by atoms with E-state index in [0.717, 1.165) is 11.1 Å². The van der Waals surface area contributed by atoms with Crippen LogP contribution in [-0.4, -0.2) is 14.9 Å². The predicted octanol–water partition coefficient (Wildman–Crippen LogP) is 2.56. The smallest absolute Gasteiger partial charge is 0.258 e. The van der Waals surface area contributed by atoms with Crippen LogP contribution in [0.25, 0.3) is 12.2 Å². The van der Waals surface area contributed by atoms with Crippen molar-refractivity contribution in [2.75, 3.05) is 0 Å². The summed E-state index contributed by atoms with van der Waals surface area (Å²) in [5.41, 5.74) is 1.69. The number of nitro groups is 1. The molecular weight excluding hydrogens is 218 g/mol. The summed E-state index contributed by atoms with van der Waals surface area (Å²) in [6.45, 7) is 0. The fourth-order valence-corrected chi connectivity index (χ4v) is 1.33. The highest BCUT2D eigenvalue weighted by atomic mass is 16.6. The van der Waals surface area contributed by atoms with Crippen molar-refractivity contribution in [1.82, 2.24) is 9.97 Å². The molecule has 0 radical (unpaired) electrons. The Bertz CT molecular complexity index is 553. The predicted molar refractivity (Wildman–Crippen MR) is 64.1 cm³/mol. The van der Waals surface area contributed by atoms with Crippen LogP contribution in [0.4, 0.5) is 5.69 Å². The Morgan fingerprint density at radius 1 is 1.12 bits per heavy atom. The molecule has 0 saturated carbocycles. The van der Waals surface area contributed by atoms with Crippen LogP contribution in [-0.2, 0) is 0 Å². The van der Waals surface area contributed by atoms with Gasteiger partial charge < -0.3 is 0 Å². The first-order chi connectivity index (χ1) is 8.25. The van der Waals surface area contributed by atoms with Crippen LogP contribution in [0.3, 0.4) is 0 Å². The van der Waals surface area contributed by atoms with Gasteiger partial charge in [-0.05, 0) is 5.56 Å². The van der Waals surface area contributed by atoms with Crippen LogP contribution in [0.1, 0.15) is 11.1 Å². The van der Waals surface area contributed by atoms with Crippen molar-refractivity contribution in [3.63, 3.8) is 0 Å². The highest BCUT2D eigenvalue weighted by Crippen LogP contribution is 2.15.